The van der Waals surface area contributed by atoms with Gasteiger partial charge < -0.3 is 20.3 Å². The van der Waals surface area contributed by atoms with Crippen molar-refractivity contribution < 1.29 is 9.53 Å². The summed E-state index contributed by atoms with van der Waals surface area (Å²) in [5.41, 5.74) is 8.30. The van der Waals surface area contributed by atoms with Gasteiger partial charge in [0.1, 0.15) is 18.2 Å². The molecule has 3 heterocycles. The number of carbonyl (C=O) groups is 1. The molecule has 0 radical (unpaired) electrons. The maximum Gasteiger partial charge on any atom is 0.320 e. The van der Waals surface area contributed by atoms with Crippen LogP contribution >= 0.6 is 0 Å². The van der Waals surface area contributed by atoms with Crippen LogP contribution in [0, 0.1) is 5.92 Å². The van der Waals surface area contributed by atoms with Crippen molar-refractivity contribution in [2.24, 2.45) is 5.92 Å². The summed E-state index contributed by atoms with van der Waals surface area (Å²) in [5, 5.41) is 8.07. The lowest BCUT2D eigenvalue weighted by Crippen LogP contribution is -2.46. The summed E-state index contributed by atoms with van der Waals surface area (Å²) >= 11 is 0. The van der Waals surface area contributed by atoms with E-state index in [0.717, 1.165) is 48.5 Å². The van der Waals surface area contributed by atoms with Gasteiger partial charge in [-0.3, -0.25) is 0 Å². The summed E-state index contributed by atoms with van der Waals surface area (Å²) in [5.74, 6) is 1.92. The second-order valence-electron chi connectivity index (χ2n) is 7.39. The van der Waals surface area contributed by atoms with Gasteiger partial charge in [-0.25, -0.2) is 4.79 Å². The number of anilines is 1. The third-order valence-electron chi connectivity index (χ3n) is 5.35. The molecular weight excluding hydrogens is 342 g/mol. The Morgan fingerprint density at radius 2 is 1.93 bits per heavy atom. The highest BCUT2D eigenvalue weighted by Crippen LogP contribution is 2.29. The normalized spacial score (nSPS) is 17.8. The van der Waals surface area contributed by atoms with Crippen LogP contribution in [0.15, 0.2) is 30.3 Å². The Morgan fingerprint density at radius 1 is 1.11 bits per heavy atom. The average Bonchev–Trinajstić information content (AvgIpc) is 2.90. The van der Waals surface area contributed by atoms with E-state index in [4.69, 9.17) is 10.5 Å². The molecule has 1 aromatic heterocycles. The summed E-state index contributed by atoms with van der Waals surface area (Å²) in [7, 11) is 0. The molecule has 0 unspecified atom stereocenters. The molecule has 7 nitrogen and oxygen atoms in total. The van der Waals surface area contributed by atoms with E-state index in [1.165, 1.54) is 0 Å². The Hall–Kier alpha value is -2.83. The fourth-order valence-electron chi connectivity index (χ4n) is 3.61. The number of urea groups is 1. The summed E-state index contributed by atoms with van der Waals surface area (Å²) < 4.78 is 5.87. The molecule has 0 saturated carbocycles. The Balaban J connectivity index is 1.54. The Kier molecular flexibility index (Phi) is 4.83. The van der Waals surface area contributed by atoms with E-state index in [-0.39, 0.29) is 6.03 Å². The van der Waals surface area contributed by atoms with Gasteiger partial charge in [0.05, 0.1) is 18.8 Å². The number of fused-ring (bicyclic) bond motifs is 1. The fourth-order valence-corrected chi connectivity index (χ4v) is 3.61. The number of nitrogens with two attached hydrogens (primary N) is 1. The number of hydrogen-bond acceptors (Lipinski definition) is 5. The number of likely N-dealkylation sites (tertiary alicyclic amines) is 1. The third kappa shape index (κ3) is 3.82. The van der Waals surface area contributed by atoms with Crippen molar-refractivity contribution in [3.05, 3.63) is 35.9 Å². The largest absolute Gasteiger partial charge is 0.491 e. The maximum absolute atomic E-state index is 13.0. The molecular formula is C20H25N5O2. The molecule has 142 valence electrons. The van der Waals surface area contributed by atoms with Crippen molar-refractivity contribution >= 4 is 11.8 Å². The van der Waals surface area contributed by atoms with Crippen LogP contribution in [-0.4, -0.2) is 52.3 Å². The minimum absolute atomic E-state index is 0.107. The van der Waals surface area contributed by atoms with Gasteiger partial charge in [-0.15, -0.1) is 10.2 Å². The summed E-state index contributed by atoms with van der Waals surface area (Å²) in [4.78, 5) is 16.8. The van der Waals surface area contributed by atoms with Crippen LogP contribution in [0.1, 0.15) is 25.3 Å². The van der Waals surface area contributed by atoms with Gasteiger partial charge in [0.2, 0.25) is 0 Å². The van der Waals surface area contributed by atoms with Crippen LogP contribution in [0.25, 0.3) is 11.3 Å². The van der Waals surface area contributed by atoms with Crippen LogP contribution < -0.4 is 10.5 Å². The molecule has 2 aliphatic heterocycles. The topological polar surface area (TPSA) is 84.6 Å². The fraction of sp³-hybridized carbons (Fsp3) is 0.450. The Bertz CT molecular complexity index is 816. The van der Waals surface area contributed by atoms with Gasteiger partial charge in [-0.1, -0.05) is 6.92 Å². The quantitative estimate of drug-likeness (QED) is 0.838. The lowest BCUT2D eigenvalue weighted by molar-refractivity contribution is 0.129. The van der Waals surface area contributed by atoms with E-state index in [9.17, 15) is 4.79 Å². The Labute approximate surface area is 159 Å². The van der Waals surface area contributed by atoms with Crippen LogP contribution in [0.5, 0.6) is 5.75 Å². The number of aromatic nitrogens is 2. The van der Waals surface area contributed by atoms with E-state index >= 15 is 0 Å². The minimum atomic E-state index is 0.107. The molecule has 1 fully saturated rings. The van der Waals surface area contributed by atoms with Crippen molar-refractivity contribution in [2.45, 2.75) is 26.3 Å². The molecule has 0 bridgehead atoms. The third-order valence-corrected chi connectivity index (χ3v) is 5.35. The van der Waals surface area contributed by atoms with Crippen LogP contribution in [0.2, 0.25) is 0 Å². The second kappa shape index (κ2) is 7.42. The number of ether oxygens (including phenoxy) is 1. The van der Waals surface area contributed by atoms with Crippen molar-refractivity contribution in [3.8, 4) is 17.0 Å². The number of rotatable bonds is 1. The van der Waals surface area contributed by atoms with Gasteiger partial charge in [-0.2, -0.15) is 0 Å². The van der Waals surface area contributed by atoms with Gasteiger partial charge >= 0.3 is 6.03 Å². The molecule has 27 heavy (non-hydrogen) atoms. The first-order chi connectivity index (χ1) is 13.1. The molecule has 1 aromatic carbocycles. The molecule has 2 aromatic rings. The molecule has 4 rings (SSSR count). The highest BCUT2D eigenvalue weighted by Gasteiger charge is 2.27. The van der Waals surface area contributed by atoms with Crippen molar-refractivity contribution in [1.82, 2.24) is 20.0 Å². The van der Waals surface area contributed by atoms with Gasteiger partial charge in [0, 0.05) is 24.2 Å². The highest BCUT2D eigenvalue weighted by molar-refractivity contribution is 5.75. The first-order valence-corrected chi connectivity index (χ1v) is 9.49. The number of benzene rings is 1. The van der Waals surface area contributed by atoms with Gasteiger partial charge in [-0.05, 0) is 49.1 Å². The molecule has 2 amide bonds. The lowest BCUT2D eigenvalue weighted by atomic mass is 9.99. The van der Waals surface area contributed by atoms with Gasteiger partial charge in [0.25, 0.3) is 0 Å². The zero-order chi connectivity index (χ0) is 18.8. The Morgan fingerprint density at radius 3 is 2.67 bits per heavy atom. The number of piperidine rings is 1. The molecule has 2 N–H and O–H groups in total. The first-order valence-electron chi connectivity index (χ1n) is 9.49. The second-order valence-corrected chi connectivity index (χ2v) is 7.39. The van der Waals surface area contributed by atoms with E-state index in [1.807, 2.05) is 34.1 Å². The van der Waals surface area contributed by atoms with Crippen molar-refractivity contribution in [1.29, 1.82) is 0 Å². The van der Waals surface area contributed by atoms with Gasteiger partial charge in [0.15, 0.2) is 0 Å². The first kappa shape index (κ1) is 17.6. The van der Waals surface area contributed by atoms with E-state index in [1.54, 1.807) is 6.07 Å². The van der Waals surface area contributed by atoms with E-state index in [0.29, 0.717) is 31.4 Å². The predicted octanol–water partition coefficient (Wildman–Crippen LogP) is 2.77. The van der Waals surface area contributed by atoms with Crippen molar-refractivity contribution in [3.63, 3.8) is 0 Å². The SMILES string of the molecule is CC1CCN(C(=O)N2CCOc3ccc(-c4ccc(N)nn4)cc3C2)CC1. The zero-order valence-electron chi connectivity index (χ0n) is 15.6. The summed E-state index contributed by atoms with van der Waals surface area (Å²) in [6.07, 6.45) is 2.15. The number of carbonyl (C=O) groups excluding carboxylic acids is 1. The van der Waals surface area contributed by atoms with Crippen LogP contribution in [0.4, 0.5) is 10.6 Å². The van der Waals surface area contributed by atoms with E-state index < -0.39 is 0 Å². The molecule has 7 heteroatoms. The smallest absolute Gasteiger partial charge is 0.320 e. The molecule has 2 aliphatic rings. The standard InChI is InChI=1S/C20H25N5O2/c1-14-6-8-24(9-7-14)20(26)25-10-11-27-18-4-2-15(12-16(18)13-25)17-3-5-19(21)23-22-17/h2-5,12,14H,6-11,13H2,1H3,(H2,21,23). The average molecular weight is 367 g/mol. The summed E-state index contributed by atoms with van der Waals surface area (Å²) in [6, 6.07) is 9.62. The summed E-state index contributed by atoms with van der Waals surface area (Å²) in [6.45, 7) is 5.56. The molecule has 0 spiro atoms. The molecule has 0 aliphatic carbocycles. The van der Waals surface area contributed by atoms with Crippen molar-refractivity contribution in [2.75, 3.05) is 32.0 Å². The number of nitrogen functional groups attached to an aromatic ring is 1. The van der Waals surface area contributed by atoms with E-state index in [2.05, 4.69) is 17.1 Å². The minimum Gasteiger partial charge on any atom is -0.491 e. The number of hydrogen-bond donors (Lipinski definition) is 1. The maximum atomic E-state index is 13.0. The number of nitrogens with zero attached hydrogens (tertiary/aromatic N) is 4. The van der Waals surface area contributed by atoms with Crippen LogP contribution in [-0.2, 0) is 6.54 Å². The van der Waals surface area contributed by atoms with Crippen LogP contribution in [0.3, 0.4) is 0 Å². The predicted molar refractivity (Wildman–Crippen MR) is 103 cm³/mol. The number of amides is 2. The monoisotopic (exact) mass is 367 g/mol. The zero-order valence-corrected chi connectivity index (χ0v) is 15.6. The molecule has 0 atom stereocenters. The lowest BCUT2D eigenvalue weighted by Gasteiger charge is -2.34. The molecule has 1 saturated heterocycles. The highest BCUT2D eigenvalue weighted by atomic mass is 16.5.